The van der Waals surface area contributed by atoms with Gasteiger partial charge in [0, 0.05) is 10.9 Å². The molecule has 9 heteroatoms. The Labute approximate surface area is 160 Å². The van der Waals surface area contributed by atoms with Gasteiger partial charge in [0.05, 0.1) is 10.6 Å². The molecule has 8 nitrogen and oxygen atoms in total. The van der Waals surface area contributed by atoms with E-state index in [0.29, 0.717) is 11.1 Å². The molecule has 0 atom stereocenters. The maximum atomic E-state index is 12.3. The second-order valence-corrected chi connectivity index (χ2v) is 8.22. The monoisotopic (exact) mass is 397 g/mol. The molecule has 4 rings (SSSR count). The lowest BCUT2D eigenvalue weighted by Gasteiger charge is -2.01. The molecule has 0 aliphatic carbocycles. The summed E-state index contributed by atoms with van der Waals surface area (Å²) in [6.45, 7) is 1.58. The molecular formula is C19H15N3O5S. The van der Waals surface area contributed by atoms with Gasteiger partial charge in [-0.05, 0) is 36.4 Å². The van der Waals surface area contributed by atoms with E-state index in [9.17, 15) is 13.2 Å². The summed E-state index contributed by atoms with van der Waals surface area (Å²) in [5.41, 5.74) is 1.13. The van der Waals surface area contributed by atoms with Gasteiger partial charge >= 0.3 is 6.01 Å². The van der Waals surface area contributed by atoms with Crippen LogP contribution in [0.4, 0.5) is 6.01 Å². The number of hydrogen-bond donors (Lipinski definition) is 1. The van der Waals surface area contributed by atoms with E-state index >= 15 is 0 Å². The first kappa shape index (κ1) is 17.9. The largest absolute Gasteiger partial charge is 0.451 e. The summed E-state index contributed by atoms with van der Waals surface area (Å²) in [5.74, 6) is -0.226. The summed E-state index contributed by atoms with van der Waals surface area (Å²) in [4.78, 5) is 12.5. The van der Waals surface area contributed by atoms with Crippen molar-refractivity contribution in [3.63, 3.8) is 0 Å². The molecule has 0 aliphatic heterocycles. The fourth-order valence-electron chi connectivity index (χ4n) is 2.61. The summed E-state index contributed by atoms with van der Waals surface area (Å²) >= 11 is 0. The Kier molecular flexibility index (Phi) is 4.44. The zero-order valence-corrected chi connectivity index (χ0v) is 15.6. The Morgan fingerprint density at radius 1 is 1.04 bits per heavy atom. The van der Waals surface area contributed by atoms with E-state index in [4.69, 9.17) is 8.83 Å². The molecule has 2 heterocycles. The first-order valence-corrected chi connectivity index (χ1v) is 10.1. The normalized spacial score (nSPS) is 11.6. The average molecular weight is 397 g/mol. The topological polar surface area (TPSA) is 115 Å². The number of para-hydroxylation sites is 1. The molecule has 0 radical (unpaired) electrons. The minimum Gasteiger partial charge on any atom is -0.451 e. The van der Waals surface area contributed by atoms with Crippen molar-refractivity contribution < 1.29 is 22.0 Å². The number of nitrogens with zero attached hydrogens (tertiary/aromatic N) is 2. The Bertz CT molecular complexity index is 1220. The van der Waals surface area contributed by atoms with Crippen molar-refractivity contribution in [2.75, 3.05) is 11.1 Å². The number of hydrogen-bond acceptors (Lipinski definition) is 7. The molecular weight excluding hydrogens is 382 g/mol. The molecule has 1 N–H and O–H groups in total. The number of aromatic nitrogens is 2. The number of anilines is 1. The van der Waals surface area contributed by atoms with Gasteiger partial charge in [-0.1, -0.05) is 30.2 Å². The molecule has 0 saturated carbocycles. The Hall–Kier alpha value is -3.46. The van der Waals surface area contributed by atoms with Gasteiger partial charge in [-0.25, -0.2) is 8.42 Å². The summed E-state index contributed by atoms with van der Waals surface area (Å²) in [6.07, 6.45) is 0. The first-order chi connectivity index (χ1) is 13.5. The molecule has 0 spiro atoms. The highest BCUT2D eigenvalue weighted by Crippen LogP contribution is 2.23. The quantitative estimate of drug-likeness (QED) is 0.548. The lowest BCUT2D eigenvalue weighted by molar-refractivity contribution is 0.0996. The lowest BCUT2D eigenvalue weighted by atomic mass is 10.2. The number of sulfone groups is 1. The van der Waals surface area contributed by atoms with Crippen molar-refractivity contribution >= 4 is 32.7 Å². The highest BCUT2D eigenvalue weighted by atomic mass is 32.2. The van der Waals surface area contributed by atoms with Crippen molar-refractivity contribution in [3.8, 4) is 11.5 Å². The summed E-state index contributed by atoms with van der Waals surface area (Å²) in [7, 11) is -3.28. The van der Waals surface area contributed by atoms with E-state index in [1.54, 1.807) is 31.2 Å². The number of furan rings is 1. The van der Waals surface area contributed by atoms with Gasteiger partial charge in [0.1, 0.15) is 5.58 Å². The molecule has 28 heavy (non-hydrogen) atoms. The second-order valence-electron chi connectivity index (χ2n) is 5.94. The first-order valence-electron chi connectivity index (χ1n) is 8.43. The van der Waals surface area contributed by atoms with Gasteiger partial charge in [0.15, 0.2) is 15.6 Å². The minimum atomic E-state index is -3.28. The van der Waals surface area contributed by atoms with Gasteiger partial charge in [-0.15, -0.1) is 5.10 Å². The minimum absolute atomic E-state index is 0.0187. The van der Waals surface area contributed by atoms with Crippen molar-refractivity contribution in [1.29, 1.82) is 0 Å². The van der Waals surface area contributed by atoms with Crippen LogP contribution in [0.1, 0.15) is 17.5 Å². The SMILES string of the molecule is CCS(=O)(=O)c1ccc(-c2nnc(NC(=O)c3cc4ccccc4o3)o2)cc1. The van der Waals surface area contributed by atoms with Crippen LogP contribution in [0, 0.1) is 0 Å². The molecule has 142 valence electrons. The van der Waals surface area contributed by atoms with Gasteiger partial charge in [0.2, 0.25) is 5.89 Å². The lowest BCUT2D eigenvalue weighted by Crippen LogP contribution is -2.10. The second kappa shape index (κ2) is 6.93. The van der Waals surface area contributed by atoms with Crippen LogP contribution < -0.4 is 5.32 Å². The predicted octanol–water partition coefficient (Wildman–Crippen LogP) is 3.53. The average Bonchev–Trinajstić information content (AvgIpc) is 3.35. The zero-order chi connectivity index (χ0) is 19.7. The van der Waals surface area contributed by atoms with Gasteiger partial charge in [-0.3, -0.25) is 10.1 Å². The van der Waals surface area contributed by atoms with E-state index in [1.807, 2.05) is 18.2 Å². The molecule has 0 aliphatic rings. The molecule has 0 unspecified atom stereocenters. The van der Waals surface area contributed by atoms with Crippen LogP contribution >= 0.6 is 0 Å². The van der Waals surface area contributed by atoms with Crippen LogP contribution in [0.3, 0.4) is 0 Å². The van der Waals surface area contributed by atoms with Crippen LogP contribution in [0.5, 0.6) is 0 Å². The van der Waals surface area contributed by atoms with E-state index in [1.165, 1.54) is 12.1 Å². The maximum Gasteiger partial charge on any atom is 0.322 e. The predicted molar refractivity (Wildman–Crippen MR) is 102 cm³/mol. The van der Waals surface area contributed by atoms with Gasteiger partial charge in [0.25, 0.3) is 5.91 Å². The van der Waals surface area contributed by atoms with E-state index in [0.717, 1.165) is 5.39 Å². The number of amides is 1. The number of rotatable bonds is 5. The Morgan fingerprint density at radius 3 is 2.50 bits per heavy atom. The highest BCUT2D eigenvalue weighted by Gasteiger charge is 2.17. The Morgan fingerprint density at radius 2 is 1.79 bits per heavy atom. The third-order valence-corrected chi connectivity index (χ3v) is 5.89. The standard InChI is InChI=1S/C19H15N3O5S/c1-2-28(24,25)14-9-7-12(8-10-14)18-21-22-19(27-18)20-17(23)16-11-13-5-3-4-6-15(13)26-16/h3-11H,2H2,1H3,(H,20,22,23). The highest BCUT2D eigenvalue weighted by molar-refractivity contribution is 7.91. The molecule has 2 aromatic heterocycles. The number of nitrogens with one attached hydrogen (secondary N) is 1. The zero-order valence-electron chi connectivity index (χ0n) is 14.7. The molecule has 0 fully saturated rings. The number of carbonyl (C=O) groups excluding carboxylic acids is 1. The van der Waals surface area contributed by atoms with Crippen LogP contribution in [-0.2, 0) is 9.84 Å². The van der Waals surface area contributed by atoms with Crippen molar-refractivity contribution in [3.05, 3.63) is 60.4 Å². The van der Waals surface area contributed by atoms with Crippen LogP contribution in [0.15, 0.2) is 68.3 Å². The third-order valence-electron chi connectivity index (χ3n) is 4.14. The molecule has 2 aromatic carbocycles. The maximum absolute atomic E-state index is 12.3. The molecule has 1 amide bonds. The fraction of sp³-hybridized carbons (Fsp3) is 0.105. The number of fused-ring (bicyclic) bond motifs is 1. The van der Waals surface area contributed by atoms with Gasteiger partial charge < -0.3 is 8.83 Å². The molecule has 0 bridgehead atoms. The van der Waals surface area contributed by atoms with Crippen molar-refractivity contribution in [2.24, 2.45) is 0 Å². The van der Waals surface area contributed by atoms with Gasteiger partial charge in [-0.2, -0.15) is 0 Å². The Balaban J connectivity index is 1.52. The molecule has 0 saturated heterocycles. The van der Waals surface area contributed by atoms with E-state index in [-0.39, 0.29) is 28.3 Å². The van der Waals surface area contributed by atoms with E-state index < -0.39 is 15.7 Å². The number of carbonyl (C=O) groups is 1. The fourth-order valence-corrected chi connectivity index (χ4v) is 3.50. The van der Waals surface area contributed by atoms with Crippen LogP contribution in [-0.4, -0.2) is 30.3 Å². The smallest absolute Gasteiger partial charge is 0.322 e. The number of benzene rings is 2. The summed E-state index contributed by atoms with van der Waals surface area (Å²) in [5, 5.41) is 11.0. The van der Waals surface area contributed by atoms with Crippen LogP contribution in [0.25, 0.3) is 22.4 Å². The molecule has 4 aromatic rings. The third kappa shape index (κ3) is 3.39. The van der Waals surface area contributed by atoms with Crippen molar-refractivity contribution in [1.82, 2.24) is 10.2 Å². The summed E-state index contributed by atoms with van der Waals surface area (Å²) < 4.78 is 34.7. The van der Waals surface area contributed by atoms with Crippen molar-refractivity contribution in [2.45, 2.75) is 11.8 Å². The summed E-state index contributed by atoms with van der Waals surface area (Å²) in [6, 6.07) is 14.9. The van der Waals surface area contributed by atoms with E-state index in [2.05, 4.69) is 15.5 Å². The van der Waals surface area contributed by atoms with Crippen LogP contribution in [0.2, 0.25) is 0 Å².